The van der Waals surface area contributed by atoms with Crippen molar-refractivity contribution in [3.05, 3.63) is 48.4 Å². The first-order valence-corrected chi connectivity index (χ1v) is 5.70. The summed E-state index contributed by atoms with van der Waals surface area (Å²) in [6.07, 6.45) is 3.41. The molecule has 0 aliphatic carbocycles. The molecule has 0 atom stereocenters. The number of aromatic amines is 1. The summed E-state index contributed by atoms with van der Waals surface area (Å²) in [6.45, 7) is 0.651. The van der Waals surface area contributed by atoms with E-state index in [1.165, 1.54) is 0 Å². The summed E-state index contributed by atoms with van der Waals surface area (Å²) in [6, 6.07) is 9.84. The Morgan fingerprint density at radius 3 is 2.94 bits per heavy atom. The van der Waals surface area contributed by atoms with Crippen LogP contribution in [0, 0.1) is 0 Å². The van der Waals surface area contributed by atoms with Gasteiger partial charge in [0.2, 0.25) is 0 Å². The van der Waals surface area contributed by atoms with Gasteiger partial charge in [0, 0.05) is 11.6 Å². The molecule has 5 heteroatoms. The Morgan fingerprint density at radius 1 is 1.22 bits per heavy atom. The fraction of sp³-hybridized carbons (Fsp3) is 0.0769. The third-order valence-corrected chi connectivity index (χ3v) is 2.82. The van der Waals surface area contributed by atoms with Crippen molar-refractivity contribution in [2.75, 3.05) is 11.1 Å². The van der Waals surface area contributed by atoms with Gasteiger partial charge in [0.25, 0.3) is 0 Å². The van der Waals surface area contributed by atoms with Gasteiger partial charge in [0.05, 0.1) is 35.3 Å². The number of hydrogen-bond donors (Lipinski definition) is 3. The zero-order chi connectivity index (χ0) is 12.4. The molecule has 0 bridgehead atoms. The Kier molecular flexibility index (Phi) is 2.57. The van der Waals surface area contributed by atoms with Crippen LogP contribution in [0.5, 0.6) is 0 Å². The van der Waals surface area contributed by atoms with Gasteiger partial charge in [-0.15, -0.1) is 0 Å². The lowest BCUT2D eigenvalue weighted by Gasteiger charge is -2.11. The summed E-state index contributed by atoms with van der Waals surface area (Å²) in [7, 11) is 0. The fourth-order valence-corrected chi connectivity index (χ4v) is 1.92. The third kappa shape index (κ3) is 1.86. The highest BCUT2D eigenvalue weighted by Gasteiger charge is 2.06. The topological polar surface area (TPSA) is 79.6 Å². The fourth-order valence-electron chi connectivity index (χ4n) is 1.92. The second-order valence-corrected chi connectivity index (χ2v) is 4.04. The van der Waals surface area contributed by atoms with E-state index in [0.29, 0.717) is 12.2 Å². The van der Waals surface area contributed by atoms with Crippen LogP contribution in [0.4, 0.5) is 11.4 Å². The maximum absolute atomic E-state index is 5.98. The largest absolute Gasteiger partial charge is 0.396 e. The summed E-state index contributed by atoms with van der Waals surface area (Å²) in [5, 5.41) is 11.2. The van der Waals surface area contributed by atoms with Crippen molar-refractivity contribution in [2.45, 2.75) is 6.54 Å². The van der Waals surface area contributed by atoms with E-state index in [-0.39, 0.29) is 0 Å². The standard InChI is InChI=1S/C13H13N5/c14-11-8-15-12-4-2-1-3-10(12)13(11)16-7-9-5-6-17-18-9/h1-6,8H,7,14H2,(H,15,16)(H,17,18). The maximum atomic E-state index is 5.98. The predicted molar refractivity (Wildman–Crippen MR) is 72.1 cm³/mol. The number of aromatic nitrogens is 3. The van der Waals surface area contributed by atoms with Crippen LogP contribution in [-0.2, 0) is 6.54 Å². The molecule has 4 N–H and O–H groups in total. The van der Waals surface area contributed by atoms with Crippen LogP contribution in [0.1, 0.15) is 5.69 Å². The molecule has 0 radical (unpaired) electrons. The van der Waals surface area contributed by atoms with Crippen LogP contribution in [0.15, 0.2) is 42.7 Å². The molecule has 0 saturated heterocycles. The van der Waals surface area contributed by atoms with Crippen molar-refractivity contribution >= 4 is 22.3 Å². The second kappa shape index (κ2) is 4.37. The van der Waals surface area contributed by atoms with Crippen LogP contribution >= 0.6 is 0 Å². The van der Waals surface area contributed by atoms with E-state index in [1.807, 2.05) is 30.3 Å². The highest BCUT2D eigenvalue weighted by molar-refractivity contribution is 5.96. The summed E-state index contributed by atoms with van der Waals surface area (Å²) >= 11 is 0. The first kappa shape index (κ1) is 10.6. The molecule has 0 aliphatic heterocycles. The smallest absolute Gasteiger partial charge is 0.0743 e. The molecule has 0 aliphatic rings. The Balaban J connectivity index is 1.97. The molecule has 1 aromatic carbocycles. The van der Waals surface area contributed by atoms with E-state index < -0.39 is 0 Å². The maximum Gasteiger partial charge on any atom is 0.0743 e. The molecule has 0 saturated carbocycles. The number of nitrogens with two attached hydrogens (primary N) is 1. The molecule has 0 fully saturated rings. The molecule has 5 nitrogen and oxygen atoms in total. The number of pyridine rings is 1. The van der Waals surface area contributed by atoms with Crippen molar-refractivity contribution in [3.8, 4) is 0 Å². The SMILES string of the molecule is Nc1cnc2ccccc2c1NCc1ccn[nH]1. The van der Waals surface area contributed by atoms with E-state index in [1.54, 1.807) is 12.4 Å². The third-order valence-electron chi connectivity index (χ3n) is 2.82. The van der Waals surface area contributed by atoms with Crippen molar-refractivity contribution in [1.82, 2.24) is 15.2 Å². The van der Waals surface area contributed by atoms with Crippen LogP contribution in [0.2, 0.25) is 0 Å². The molecular weight excluding hydrogens is 226 g/mol. The number of fused-ring (bicyclic) bond motifs is 1. The molecule has 0 unspecified atom stereocenters. The van der Waals surface area contributed by atoms with Gasteiger partial charge in [0.15, 0.2) is 0 Å². The molecule has 2 aromatic heterocycles. The number of benzene rings is 1. The quantitative estimate of drug-likeness (QED) is 0.654. The van der Waals surface area contributed by atoms with Crippen LogP contribution in [0.25, 0.3) is 10.9 Å². The second-order valence-electron chi connectivity index (χ2n) is 4.04. The zero-order valence-corrected chi connectivity index (χ0v) is 9.72. The van der Waals surface area contributed by atoms with Gasteiger partial charge in [-0.2, -0.15) is 5.10 Å². The summed E-state index contributed by atoms with van der Waals surface area (Å²) in [5.41, 5.74) is 9.47. The van der Waals surface area contributed by atoms with Crippen molar-refractivity contribution < 1.29 is 0 Å². The van der Waals surface area contributed by atoms with Gasteiger partial charge in [-0.3, -0.25) is 10.1 Å². The molecule has 0 amide bonds. The highest BCUT2D eigenvalue weighted by atomic mass is 15.1. The minimum absolute atomic E-state index is 0.646. The molecule has 2 heterocycles. The van der Waals surface area contributed by atoms with E-state index in [0.717, 1.165) is 22.3 Å². The molecule has 18 heavy (non-hydrogen) atoms. The van der Waals surface area contributed by atoms with E-state index in [4.69, 9.17) is 5.73 Å². The minimum Gasteiger partial charge on any atom is -0.396 e. The van der Waals surface area contributed by atoms with Crippen molar-refractivity contribution in [3.63, 3.8) is 0 Å². The monoisotopic (exact) mass is 239 g/mol. The number of H-pyrrole nitrogens is 1. The summed E-state index contributed by atoms with van der Waals surface area (Å²) in [5.74, 6) is 0. The van der Waals surface area contributed by atoms with Gasteiger partial charge in [-0.05, 0) is 12.1 Å². The molecule has 0 spiro atoms. The molecular formula is C13H13N5. The summed E-state index contributed by atoms with van der Waals surface area (Å²) < 4.78 is 0. The number of anilines is 2. The Hall–Kier alpha value is -2.56. The van der Waals surface area contributed by atoms with Crippen molar-refractivity contribution in [1.29, 1.82) is 0 Å². The minimum atomic E-state index is 0.646. The first-order chi connectivity index (χ1) is 8.84. The Labute approximate surface area is 104 Å². The van der Waals surface area contributed by atoms with Gasteiger partial charge in [-0.25, -0.2) is 0 Å². The number of nitrogens with one attached hydrogen (secondary N) is 2. The molecule has 3 rings (SSSR count). The zero-order valence-electron chi connectivity index (χ0n) is 9.72. The van der Waals surface area contributed by atoms with Gasteiger partial charge < -0.3 is 11.1 Å². The van der Waals surface area contributed by atoms with Gasteiger partial charge in [-0.1, -0.05) is 18.2 Å². The Morgan fingerprint density at radius 2 is 2.11 bits per heavy atom. The van der Waals surface area contributed by atoms with Crippen LogP contribution in [0.3, 0.4) is 0 Å². The lowest BCUT2D eigenvalue weighted by Crippen LogP contribution is -2.04. The number of rotatable bonds is 3. The average molecular weight is 239 g/mol. The van der Waals surface area contributed by atoms with E-state index in [9.17, 15) is 0 Å². The molecule has 3 aromatic rings. The predicted octanol–water partition coefficient (Wildman–Crippen LogP) is 2.15. The van der Waals surface area contributed by atoms with Crippen LogP contribution in [-0.4, -0.2) is 15.2 Å². The number of nitrogen functional groups attached to an aromatic ring is 1. The van der Waals surface area contributed by atoms with Gasteiger partial charge in [0.1, 0.15) is 0 Å². The van der Waals surface area contributed by atoms with Gasteiger partial charge >= 0.3 is 0 Å². The normalized spacial score (nSPS) is 10.7. The number of para-hydroxylation sites is 1. The van der Waals surface area contributed by atoms with Crippen LogP contribution < -0.4 is 11.1 Å². The molecule has 90 valence electrons. The lowest BCUT2D eigenvalue weighted by molar-refractivity contribution is 0.983. The van der Waals surface area contributed by atoms with E-state index >= 15 is 0 Å². The average Bonchev–Trinajstić information content (AvgIpc) is 2.91. The van der Waals surface area contributed by atoms with Crippen molar-refractivity contribution in [2.24, 2.45) is 0 Å². The Bertz CT molecular complexity index is 660. The number of nitrogens with zero attached hydrogens (tertiary/aromatic N) is 2. The lowest BCUT2D eigenvalue weighted by atomic mass is 10.1. The first-order valence-electron chi connectivity index (χ1n) is 5.70. The van der Waals surface area contributed by atoms with E-state index in [2.05, 4.69) is 20.5 Å². The highest BCUT2D eigenvalue weighted by Crippen LogP contribution is 2.27. The summed E-state index contributed by atoms with van der Waals surface area (Å²) in [4.78, 5) is 4.30. The number of hydrogen-bond acceptors (Lipinski definition) is 4.